The van der Waals surface area contributed by atoms with Gasteiger partial charge in [0.05, 0.1) is 0 Å². The number of hydrogen-bond acceptors (Lipinski definition) is 2. The molecule has 0 aromatic heterocycles. The quantitative estimate of drug-likeness (QED) is 0.842. The van der Waals surface area contributed by atoms with Crippen LogP contribution in [0.25, 0.3) is 0 Å². The Balaban J connectivity index is 1.74. The van der Waals surface area contributed by atoms with E-state index in [9.17, 15) is 4.39 Å². The van der Waals surface area contributed by atoms with E-state index >= 15 is 0 Å². The average Bonchev–Trinajstić information content (AvgIpc) is 3.26. The number of hydrogen-bond donors (Lipinski definition) is 1. The lowest BCUT2D eigenvalue weighted by Crippen LogP contribution is -2.25. The molecule has 1 saturated carbocycles. The molecule has 2 aromatic carbocycles. The fraction of sp³-hybridized carbons (Fsp3) is 0.294. The number of nitrogens with two attached hydrogens (primary N) is 1. The minimum atomic E-state index is -0.271. The summed E-state index contributed by atoms with van der Waals surface area (Å²) in [6.45, 7) is 1.70. The standard InChI is InChI=1S/C17H19FN2/c18-15-7-6-14(17(19)10-15)12-20(16-8-9-16)11-13-4-2-1-3-5-13/h1-7,10,16H,8-9,11-12,19H2. The highest BCUT2D eigenvalue weighted by Crippen LogP contribution is 2.30. The smallest absolute Gasteiger partial charge is 0.125 e. The maximum Gasteiger partial charge on any atom is 0.125 e. The van der Waals surface area contributed by atoms with Gasteiger partial charge in [0.2, 0.25) is 0 Å². The number of nitrogens with zero attached hydrogens (tertiary/aromatic N) is 1. The second kappa shape index (κ2) is 5.63. The summed E-state index contributed by atoms with van der Waals surface area (Å²) < 4.78 is 13.1. The van der Waals surface area contributed by atoms with Crippen molar-refractivity contribution in [1.29, 1.82) is 0 Å². The highest BCUT2D eigenvalue weighted by Gasteiger charge is 2.29. The summed E-state index contributed by atoms with van der Waals surface area (Å²) in [5, 5.41) is 0. The van der Waals surface area contributed by atoms with Gasteiger partial charge in [-0.25, -0.2) is 4.39 Å². The molecule has 20 heavy (non-hydrogen) atoms. The molecule has 0 amide bonds. The number of nitrogen functional groups attached to an aromatic ring is 1. The first-order chi connectivity index (χ1) is 9.72. The van der Waals surface area contributed by atoms with Crippen molar-refractivity contribution in [3.05, 3.63) is 65.5 Å². The van der Waals surface area contributed by atoms with Crippen molar-refractivity contribution >= 4 is 5.69 Å². The second-order valence-electron chi connectivity index (χ2n) is 5.46. The van der Waals surface area contributed by atoms with Crippen molar-refractivity contribution in [1.82, 2.24) is 4.90 Å². The van der Waals surface area contributed by atoms with Gasteiger partial charge in [-0.1, -0.05) is 36.4 Å². The van der Waals surface area contributed by atoms with Gasteiger partial charge in [0.15, 0.2) is 0 Å². The van der Waals surface area contributed by atoms with E-state index in [1.54, 1.807) is 6.07 Å². The molecule has 0 unspecified atom stereocenters. The van der Waals surface area contributed by atoms with Crippen LogP contribution in [0, 0.1) is 5.82 Å². The molecule has 1 aliphatic carbocycles. The van der Waals surface area contributed by atoms with Gasteiger partial charge in [-0.3, -0.25) is 4.90 Å². The molecule has 2 N–H and O–H groups in total. The molecule has 0 saturated heterocycles. The third-order valence-corrected chi connectivity index (χ3v) is 3.77. The van der Waals surface area contributed by atoms with Crippen molar-refractivity contribution in [3.8, 4) is 0 Å². The first kappa shape index (κ1) is 13.1. The monoisotopic (exact) mass is 270 g/mol. The largest absolute Gasteiger partial charge is 0.398 e. The zero-order valence-corrected chi connectivity index (χ0v) is 11.4. The van der Waals surface area contributed by atoms with Crippen LogP contribution in [0.3, 0.4) is 0 Å². The summed E-state index contributed by atoms with van der Waals surface area (Å²) in [6, 6.07) is 15.8. The first-order valence-electron chi connectivity index (χ1n) is 7.04. The fourth-order valence-electron chi connectivity index (χ4n) is 2.50. The Bertz CT molecular complexity index is 579. The van der Waals surface area contributed by atoms with Gasteiger partial charge in [0, 0.05) is 24.8 Å². The Morgan fingerprint density at radius 3 is 2.45 bits per heavy atom. The van der Waals surface area contributed by atoms with Crippen LogP contribution in [-0.2, 0) is 13.1 Å². The van der Waals surface area contributed by atoms with E-state index in [0.717, 1.165) is 18.7 Å². The molecule has 2 nitrogen and oxygen atoms in total. The maximum atomic E-state index is 13.1. The first-order valence-corrected chi connectivity index (χ1v) is 7.04. The summed E-state index contributed by atoms with van der Waals surface area (Å²) in [4.78, 5) is 2.43. The van der Waals surface area contributed by atoms with Crippen LogP contribution in [0.5, 0.6) is 0 Å². The maximum absolute atomic E-state index is 13.1. The minimum Gasteiger partial charge on any atom is -0.398 e. The van der Waals surface area contributed by atoms with Crippen LogP contribution in [0.1, 0.15) is 24.0 Å². The van der Waals surface area contributed by atoms with Gasteiger partial charge in [0.25, 0.3) is 0 Å². The minimum absolute atomic E-state index is 0.271. The third kappa shape index (κ3) is 3.17. The molecule has 0 bridgehead atoms. The average molecular weight is 270 g/mol. The normalized spacial score (nSPS) is 14.7. The van der Waals surface area contributed by atoms with Crippen LogP contribution in [-0.4, -0.2) is 10.9 Å². The molecule has 0 atom stereocenters. The van der Waals surface area contributed by atoms with Crippen LogP contribution < -0.4 is 5.73 Å². The van der Waals surface area contributed by atoms with Crippen LogP contribution in [0.4, 0.5) is 10.1 Å². The summed E-state index contributed by atoms with van der Waals surface area (Å²) in [6.07, 6.45) is 2.49. The van der Waals surface area contributed by atoms with Crippen molar-refractivity contribution in [2.75, 3.05) is 5.73 Å². The molecule has 3 rings (SSSR count). The molecular formula is C17H19FN2. The fourth-order valence-corrected chi connectivity index (χ4v) is 2.50. The molecular weight excluding hydrogens is 251 g/mol. The summed E-state index contributed by atoms with van der Waals surface area (Å²) in [7, 11) is 0. The Morgan fingerprint density at radius 1 is 1.05 bits per heavy atom. The van der Waals surface area contributed by atoms with Crippen molar-refractivity contribution in [2.24, 2.45) is 0 Å². The van der Waals surface area contributed by atoms with E-state index in [0.29, 0.717) is 11.7 Å². The second-order valence-corrected chi connectivity index (χ2v) is 5.46. The molecule has 2 aromatic rings. The van der Waals surface area contributed by atoms with Gasteiger partial charge in [-0.05, 0) is 36.1 Å². The predicted octanol–water partition coefficient (Wildman–Crippen LogP) is 3.57. The molecule has 0 spiro atoms. The zero-order chi connectivity index (χ0) is 13.9. The van der Waals surface area contributed by atoms with E-state index in [2.05, 4.69) is 29.2 Å². The predicted molar refractivity (Wildman–Crippen MR) is 79.5 cm³/mol. The molecule has 3 heteroatoms. The molecule has 0 heterocycles. The van der Waals surface area contributed by atoms with E-state index < -0.39 is 0 Å². The van der Waals surface area contributed by atoms with Crippen LogP contribution in [0.2, 0.25) is 0 Å². The lowest BCUT2D eigenvalue weighted by atomic mass is 10.1. The molecule has 1 aliphatic rings. The lowest BCUT2D eigenvalue weighted by molar-refractivity contribution is 0.246. The van der Waals surface area contributed by atoms with Crippen molar-refractivity contribution in [2.45, 2.75) is 32.0 Å². The van der Waals surface area contributed by atoms with E-state index in [1.807, 2.05) is 6.07 Å². The summed E-state index contributed by atoms with van der Waals surface area (Å²) in [5.41, 5.74) is 8.78. The highest BCUT2D eigenvalue weighted by molar-refractivity contribution is 5.46. The Labute approximate surface area is 119 Å². The lowest BCUT2D eigenvalue weighted by Gasteiger charge is -2.23. The van der Waals surface area contributed by atoms with Gasteiger partial charge in [0.1, 0.15) is 5.82 Å². The van der Waals surface area contributed by atoms with Crippen molar-refractivity contribution in [3.63, 3.8) is 0 Å². The molecule has 1 fully saturated rings. The number of anilines is 1. The van der Waals surface area contributed by atoms with Crippen LogP contribution >= 0.6 is 0 Å². The third-order valence-electron chi connectivity index (χ3n) is 3.77. The highest BCUT2D eigenvalue weighted by atomic mass is 19.1. The van der Waals surface area contributed by atoms with Gasteiger partial charge >= 0.3 is 0 Å². The Kier molecular flexibility index (Phi) is 3.70. The van der Waals surface area contributed by atoms with Gasteiger partial charge < -0.3 is 5.73 Å². The number of benzene rings is 2. The summed E-state index contributed by atoms with van der Waals surface area (Å²) in [5.74, 6) is -0.271. The van der Waals surface area contributed by atoms with E-state index in [4.69, 9.17) is 5.73 Å². The van der Waals surface area contributed by atoms with E-state index in [-0.39, 0.29) is 5.82 Å². The van der Waals surface area contributed by atoms with Crippen molar-refractivity contribution < 1.29 is 4.39 Å². The van der Waals surface area contributed by atoms with E-state index in [1.165, 1.54) is 30.5 Å². The van der Waals surface area contributed by atoms with Gasteiger partial charge in [-0.15, -0.1) is 0 Å². The Hall–Kier alpha value is -1.87. The number of rotatable bonds is 5. The molecule has 0 radical (unpaired) electrons. The Morgan fingerprint density at radius 2 is 1.80 bits per heavy atom. The van der Waals surface area contributed by atoms with Gasteiger partial charge in [-0.2, -0.15) is 0 Å². The zero-order valence-electron chi connectivity index (χ0n) is 11.4. The topological polar surface area (TPSA) is 29.3 Å². The van der Waals surface area contributed by atoms with Crippen LogP contribution in [0.15, 0.2) is 48.5 Å². The SMILES string of the molecule is Nc1cc(F)ccc1CN(Cc1ccccc1)C1CC1. The number of halogens is 1. The molecule has 0 aliphatic heterocycles. The molecule has 104 valence electrons. The summed E-state index contributed by atoms with van der Waals surface area (Å²) >= 11 is 0.